The second kappa shape index (κ2) is 5.46. The Bertz CT molecular complexity index is 761. The van der Waals surface area contributed by atoms with Crippen LogP contribution in [0.4, 0.5) is 4.39 Å². The SMILES string of the molecule is O=C(N[C@@H]1c2ccccc2C[C@@H]1O)[C@@H]1C[C@H]1c1cccc(F)c1. The molecule has 23 heavy (non-hydrogen) atoms. The molecule has 0 heterocycles. The molecule has 118 valence electrons. The van der Waals surface area contributed by atoms with Gasteiger partial charge in [0, 0.05) is 12.3 Å². The second-order valence-corrected chi connectivity index (χ2v) is 6.46. The monoisotopic (exact) mass is 311 g/mol. The van der Waals surface area contributed by atoms with Crippen molar-refractivity contribution in [1.82, 2.24) is 5.32 Å². The first kappa shape index (κ1) is 14.4. The molecule has 4 rings (SSSR count). The molecule has 2 aromatic rings. The minimum absolute atomic E-state index is 0.0555. The molecule has 0 unspecified atom stereocenters. The molecule has 3 nitrogen and oxygen atoms in total. The Hall–Kier alpha value is -2.20. The van der Waals surface area contributed by atoms with E-state index in [4.69, 9.17) is 0 Å². The van der Waals surface area contributed by atoms with Gasteiger partial charge in [-0.3, -0.25) is 4.79 Å². The highest BCUT2D eigenvalue weighted by atomic mass is 19.1. The maximum atomic E-state index is 13.3. The maximum Gasteiger partial charge on any atom is 0.224 e. The van der Waals surface area contributed by atoms with Crippen molar-refractivity contribution in [1.29, 1.82) is 0 Å². The molecule has 2 aromatic carbocycles. The molecule has 1 fully saturated rings. The summed E-state index contributed by atoms with van der Waals surface area (Å²) < 4.78 is 13.3. The topological polar surface area (TPSA) is 49.3 Å². The van der Waals surface area contributed by atoms with Crippen LogP contribution in [0, 0.1) is 11.7 Å². The van der Waals surface area contributed by atoms with Crippen molar-refractivity contribution < 1.29 is 14.3 Å². The molecule has 0 aliphatic heterocycles. The predicted octanol–water partition coefficient (Wildman–Crippen LogP) is 2.70. The normalized spacial score (nSPS) is 28.3. The van der Waals surface area contributed by atoms with Crippen LogP contribution in [0.2, 0.25) is 0 Å². The van der Waals surface area contributed by atoms with Gasteiger partial charge in [-0.25, -0.2) is 4.39 Å². The second-order valence-electron chi connectivity index (χ2n) is 6.46. The quantitative estimate of drug-likeness (QED) is 0.915. The number of aliphatic hydroxyl groups is 1. The molecule has 2 N–H and O–H groups in total. The number of aliphatic hydroxyl groups excluding tert-OH is 1. The summed E-state index contributed by atoms with van der Waals surface area (Å²) in [5.41, 5.74) is 2.96. The average Bonchev–Trinajstić information content (AvgIpc) is 3.28. The number of carbonyl (C=O) groups excluding carboxylic acids is 1. The number of rotatable bonds is 3. The van der Waals surface area contributed by atoms with E-state index in [1.54, 1.807) is 6.07 Å². The molecule has 4 heteroatoms. The van der Waals surface area contributed by atoms with E-state index in [1.165, 1.54) is 12.1 Å². The Balaban J connectivity index is 1.46. The number of halogens is 1. The summed E-state index contributed by atoms with van der Waals surface area (Å²) >= 11 is 0. The summed E-state index contributed by atoms with van der Waals surface area (Å²) in [7, 11) is 0. The molecule has 0 saturated heterocycles. The highest BCUT2D eigenvalue weighted by Crippen LogP contribution is 2.48. The molecule has 0 spiro atoms. The van der Waals surface area contributed by atoms with Crippen LogP contribution in [0.5, 0.6) is 0 Å². The van der Waals surface area contributed by atoms with Crippen LogP contribution in [0.25, 0.3) is 0 Å². The number of nitrogens with one attached hydrogen (secondary N) is 1. The highest BCUT2D eigenvalue weighted by Gasteiger charge is 2.45. The number of hydrogen-bond acceptors (Lipinski definition) is 2. The molecule has 2 aliphatic rings. The summed E-state index contributed by atoms with van der Waals surface area (Å²) in [6.07, 6.45) is 0.724. The number of benzene rings is 2. The van der Waals surface area contributed by atoms with Gasteiger partial charge in [0.25, 0.3) is 0 Å². The summed E-state index contributed by atoms with van der Waals surface area (Å²) in [6, 6.07) is 13.9. The first-order chi connectivity index (χ1) is 11.1. The van der Waals surface area contributed by atoms with Crippen LogP contribution < -0.4 is 5.32 Å². The molecule has 2 aliphatic carbocycles. The highest BCUT2D eigenvalue weighted by molar-refractivity contribution is 5.83. The van der Waals surface area contributed by atoms with Gasteiger partial charge < -0.3 is 10.4 Å². The van der Waals surface area contributed by atoms with E-state index in [2.05, 4.69) is 5.32 Å². The molecule has 0 bridgehead atoms. The van der Waals surface area contributed by atoms with Crippen molar-refractivity contribution in [3.05, 3.63) is 71.0 Å². The number of amides is 1. The van der Waals surface area contributed by atoms with Gasteiger partial charge in [-0.1, -0.05) is 36.4 Å². The van der Waals surface area contributed by atoms with E-state index < -0.39 is 6.10 Å². The number of hydrogen-bond donors (Lipinski definition) is 2. The van der Waals surface area contributed by atoms with E-state index in [-0.39, 0.29) is 29.6 Å². The lowest BCUT2D eigenvalue weighted by Crippen LogP contribution is -2.35. The average molecular weight is 311 g/mol. The van der Waals surface area contributed by atoms with E-state index in [9.17, 15) is 14.3 Å². The van der Waals surface area contributed by atoms with Crippen LogP contribution in [0.15, 0.2) is 48.5 Å². The fourth-order valence-electron chi connectivity index (χ4n) is 3.60. The summed E-state index contributed by atoms with van der Waals surface area (Å²) in [5.74, 6) is -0.370. The Morgan fingerprint density at radius 3 is 2.83 bits per heavy atom. The van der Waals surface area contributed by atoms with Crippen molar-refractivity contribution in [2.24, 2.45) is 5.92 Å². The maximum absolute atomic E-state index is 13.3. The van der Waals surface area contributed by atoms with E-state index >= 15 is 0 Å². The fraction of sp³-hybridized carbons (Fsp3) is 0.316. The first-order valence-corrected chi connectivity index (χ1v) is 7.95. The van der Waals surface area contributed by atoms with Crippen molar-refractivity contribution >= 4 is 5.91 Å². The third-order valence-corrected chi connectivity index (χ3v) is 4.91. The zero-order chi connectivity index (χ0) is 16.0. The van der Waals surface area contributed by atoms with Crippen LogP contribution in [0.3, 0.4) is 0 Å². The summed E-state index contributed by atoms with van der Waals surface area (Å²) in [5, 5.41) is 13.2. The Labute approximate surface area is 134 Å². The van der Waals surface area contributed by atoms with Crippen molar-refractivity contribution in [2.45, 2.75) is 30.9 Å². The zero-order valence-electron chi connectivity index (χ0n) is 12.6. The Morgan fingerprint density at radius 1 is 1.17 bits per heavy atom. The van der Waals surface area contributed by atoms with Gasteiger partial charge in [0.15, 0.2) is 0 Å². The Morgan fingerprint density at radius 2 is 2.00 bits per heavy atom. The van der Waals surface area contributed by atoms with Gasteiger partial charge in [-0.05, 0) is 41.2 Å². The van der Waals surface area contributed by atoms with Crippen LogP contribution in [0.1, 0.15) is 35.1 Å². The fourth-order valence-corrected chi connectivity index (χ4v) is 3.60. The van der Waals surface area contributed by atoms with Crippen molar-refractivity contribution in [3.63, 3.8) is 0 Å². The molecule has 0 radical (unpaired) electrons. The molecule has 1 saturated carbocycles. The van der Waals surface area contributed by atoms with Crippen molar-refractivity contribution in [3.8, 4) is 0 Å². The standard InChI is InChI=1S/C19H18FNO2/c20-13-6-3-5-11(8-13)15-10-16(15)19(23)21-18-14-7-2-1-4-12(14)9-17(18)22/h1-8,15-18,22H,9-10H2,(H,21,23)/t15-,16+,17-,18+/m0/s1. The van der Waals surface area contributed by atoms with Crippen LogP contribution in [-0.2, 0) is 11.2 Å². The van der Waals surface area contributed by atoms with Crippen molar-refractivity contribution in [2.75, 3.05) is 0 Å². The third-order valence-electron chi connectivity index (χ3n) is 4.91. The van der Waals surface area contributed by atoms with E-state index in [0.717, 1.165) is 23.1 Å². The van der Waals surface area contributed by atoms with Gasteiger partial charge in [-0.15, -0.1) is 0 Å². The van der Waals surface area contributed by atoms with Gasteiger partial charge >= 0.3 is 0 Å². The molecular weight excluding hydrogens is 293 g/mol. The summed E-state index contributed by atoms with van der Waals surface area (Å²) in [4.78, 5) is 12.5. The van der Waals surface area contributed by atoms with E-state index in [0.29, 0.717) is 6.42 Å². The number of fused-ring (bicyclic) bond motifs is 1. The molecule has 0 aromatic heterocycles. The third kappa shape index (κ3) is 2.63. The molecule has 4 atom stereocenters. The lowest BCUT2D eigenvalue weighted by Gasteiger charge is -2.18. The Kier molecular flexibility index (Phi) is 3.42. The van der Waals surface area contributed by atoms with E-state index in [1.807, 2.05) is 30.3 Å². The summed E-state index contributed by atoms with van der Waals surface area (Å²) in [6.45, 7) is 0. The van der Waals surface area contributed by atoms with Crippen LogP contribution >= 0.6 is 0 Å². The van der Waals surface area contributed by atoms with Gasteiger partial charge in [0.05, 0.1) is 12.1 Å². The molecular formula is C19H18FNO2. The first-order valence-electron chi connectivity index (χ1n) is 7.95. The van der Waals surface area contributed by atoms with Gasteiger partial charge in [0.1, 0.15) is 5.82 Å². The lowest BCUT2D eigenvalue weighted by atomic mass is 10.1. The predicted molar refractivity (Wildman–Crippen MR) is 84.3 cm³/mol. The van der Waals surface area contributed by atoms with Gasteiger partial charge in [-0.2, -0.15) is 0 Å². The largest absolute Gasteiger partial charge is 0.390 e. The zero-order valence-corrected chi connectivity index (χ0v) is 12.6. The number of carbonyl (C=O) groups is 1. The molecule has 1 amide bonds. The van der Waals surface area contributed by atoms with Gasteiger partial charge in [0.2, 0.25) is 5.91 Å². The lowest BCUT2D eigenvalue weighted by molar-refractivity contribution is -0.123. The minimum atomic E-state index is -0.581. The van der Waals surface area contributed by atoms with Crippen LogP contribution in [-0.4, -0.2) is 17.1 Å². The minimum Gasteiger partial charge on any atom is -0.390 e. The smallest absolute Gasteiger partial charge is 0.224 e.